The molecule has 3 rings (SSSR count). The molecule has 22 heavy (non-hydrogen) atoms. The third-order valence-corrected chi connectivity index (χ3v) is 3.65. The van der Waals surface area contributed by atoms with E-state index in [-0.39, 0.29) is 0 Å². The SMILES string of the molecule is C=CCc1ccc2oc3cccc(C(N)=O)c3/c(=N\C)c2c1. The van der Waals surface area contributed by atoms with Crippen LogP contribution in [0.25, 0.3) is 21.9 Å². The first-order valence-corrected chi connectivity index (χ1v) is 6.97. The van der Waals surface area contributed by atoms with Crippen molar-refractivity contribution in [2.24, 2.45) is 10.7 Å². The van der Waals surface area contributed by atoms with Crippen LogP contribution in [0, 0.1) is 0 Å². The smallest absolute Gasteiger partial charge is 0.249 e. The molecule has 0 saturated heterocycles. The molecule has 0 radical (unpaired) electrons. The Kier molecular flexibility index (Phi) is 3.51. The molecule has 4 heteroatoms. The summed E-state index contributed by atoms with van der Waals surface area (Å²) in [5.41, 5.74) is 8.34. The number of nitrogens with zero attached hydrogens (tertiary/aromatic N) is 1. The van der Waals surface area contributed by atoms with Gasteiger partial charge in [0.05, 0.1) is 16.3 Å². The van der Waals surface area contributed by atoms with Gasteiger partial charge in [0.25, 0.3) is 0 Å². The highest BCUT2D eigenvalue weighted by atomic mass is 16.3. The highest BCUT2D eigenvalue weighted by Gasteiger charge is 2.13. The second kappa shape index (κ2) is 5.48. The van der Waals surface area contributed by atoms with E-state index in [9.17, 15) is 4.79 Å². The molecule has 3 aromatic rings. The summed E-state index contributed by atoms with van der Waals surface area (Å²) in [7, 11) is 1.70. The second-order valence-corrected chi connectivity index (χ2v) is 5.04. The Balaban J connectivity index is 2.52. The minimum absolute atomic E-state index is 0.415. The quantitative estimate of drug-likeness (QED) is 0.595. The molecular weight excluding hydrogens is 276 g/mol. The molecule has 1 aromatic heterocycles. The number of hydrogen-bond acceptors (Lipinski definition) is 3. The monoisotopic (exact) mass is 292 g/mol. The van der Waals surface area contributed by atoms with Crippen LogP contribution in [0.2, 0.25) is 0 Å². The van der Waals surface area contributed by atoms with E-state index in [1.807, 2.05) is 30.3 Å². The van der Waals surface area contributed by atoms with Crippen molar-refractivity contribution >= 4 is 27.8 Å². The number of nitrogens with two attached hydrogens (primary N) is 1. The van der Waals surface area contributed by atoms with Crippen LogP contribution in [0.5, 0.6) is 0 Å². The van der Waals surface area contributed by atoms with Crippen LogP contribution < -0.4 is 11.1 Å². The van der Waals surface area contributed by atoms with E-state index in [1.54, 1.807) is 19.2 Å². The van der Waals surface area contributed by atoms with Crippen LogP contribution >= 0.6 is 0 Å². The van der Waals surface area contributed by atoms with E-state index in [0.717, 1.165) is 28.3 Å². The minimum atomic E-state index is -0.493. The highest BCUT2D eigenvalue weighted by Crippen LogP contribution is 2.22. The lowest BCUT2D eigenvalue weighted by molar-refractivity contribution is 0.100. The van der Waals surface area contributed by atoms with Crippen LogP contribution in [0.4, 0.5) is 0 Å². The predicted octanol–water partition coefficient (Wildman–Crippen LogP) is 2.94. The number of carbonyl (C=O) groups excluding carboxylic acids is 1. The number of rotatable bonds is 3. The van der Waals surface area contributed by atoms with Gasteiger partial charge in [0.1, 0.15) is 11.2 Å². The fraction of sp³-hybridized carbons (Fsp3) is 0.111. The first-order chi connectivity index (χ1) is 10.7. The molecule has 0 fully saturated rings. The van der Waals surface area contributed by atoms with Crippen LogP contribution in [0.3, 0.4) is 0 Å². The number of amides is 1. The molecule has 4 nitrogen and oxygen atoms in total. The average molecular weight is 292 g/mol. The summed E-state index contributed by atoms with van der Waals surface area (Å²) in [6.07, 6.45) is 2.60. The fourth-order valence-electron chi connectivity index (χ4n) is 2.70. The molecular formula is C18H16N2O2. The van der Waals surface area contributed by atoms with Gasteiger partial charge >= 0.3 is 0 Å². The van der Waals surface area contributed by atoms with Gasteiger partial charge in [0.15, 0.2) is 0 Å². The standard InChI is InChI=1S/C18H16N2O2/c1-3-5-11-8-9-14-13(10-11)17(20-2)16-12(18(19)21)6-4-7-15(16)22-14/h3-4,6-10H,1,5H2,2H3,(H2,19,21)/b20-17-. The molecule has 0 atom stereocenters. The Morgan fingerprint density at radius 3 is 2.82 bits per heavy atom. The van der Waals surface area contributed by atoms with E-state index < -0.39 is 5.91 Å². The van der Waals surface area contributed by atoms with Gasteiger partial charge in [0.2, 0.25) is 5.91 Å². The van der Waals surface area contributed by atoms with Crippen molar-refractivity contribution in [1.29, 1.82) is 0 Å². The average Bonchev–Trinajstić information content (AvgIpc) is 2.52. The zero-order valence-corrected chi connectivity index (χ0v) is 12.3. The van der Waals surface area contributed by atoms with Crippen molar-refractivity contribution in [3.63, 3.8) is 0 Å². The summed E-state index contributed by atoms with van der Waals surface area (Å²) in [6, 6.07) is 11.2. The van der Waals surface area contributed by atoms with Gasteiger partial charge < -0.3 is 10.2 Å². The van der Waals surface area contributed by atoms with E-state index in [0.29, 0.717) is 16.5 Å². The van der Waals surface area contributed by atoms with Crippen LogP contribution in [0.1, 0.15) is 15.9 Å². The van der Waals surface area contributed by atoms with Gasteiger partial charge in [-0.05, 0) is 36.2 Å². The predicted molar refractivity (Wildman–Crippen MR) is 87.6 cm³/mol. The topological polar surface area (TPSA) is 68.6 Å². The summed E-state index contributed by atoms with van der Waals surface area (Å²) in [5.74, 6) is -0.493. The highest BCUT2D eigenvalue weighted by molar-refractivity contribution is 6.06. The number of hydrogen-bond donors (Lipinski definition) is 1. The lowest BCUT2D eigenvalue weighted by atomic mass is 10.0. The zero-order chi connectivity index (χ0) is 15.7. The normalized spacial score (nSPS) is 12.0. The number of carbonyl (C=O) groups is 1. The lowest BCUT2D eigenvalue weighted by Crippen LogP contribution is -2.16. The van der Waals surface area contributed by atoms with Gasteiger partial charge in [-0.15, -0.1) is 6.58 Å². The van der Waals surface area contributed by atoms with E-state index >= 15 is 0 Å². The van der Waals surface area contributed by atoms with Gasteiger partial charge in [0, 0.05) is 12.4 Å². The molecule has 0 unspecified atom stereocenters. The van der Waals surface area contributed by atoms with Gasteiger partial charge in [-0.3, -0.25) is 9.79 Å². The van der Waals surface area contributed by atoms with Crippen molar-refractivity contribution < 1.29 is 9.21 Å². The maximum absolute atomic E-state index is 11.7. The van der Waals surface area contributed by atoms with Gasteiger partial charge in [-0.2, -0.15) is 0 Å². The van der Waals surface area contributed by atoms with E-state index in [4.69, 9.17) is 10.2 Å². The molecule has 1 amide bonds. The maximum atomic E-state index is 11.7. The Morgan fingerprint density at radius 2 is 2.14 bits per heavy atom. The van der Waals surface area contributed by atoms with Crippen molar-refractivity contribution in [3.05, 3.63) is 65.5 Å². The Labute approximate surface area is 127 Å². The van der Waals surface area contributed by atoms with Crippen molar-refractivity contribution in [2.75, 3.05) is 7.05 Å². The summed E-state index contributed by atoms with van der Waals surface area (Å²) in [4.78, 5) is 16.1. The minimum Gasteiger partial charge on any atom is -0.456 e. The molecule has 0 aliphatic carbocycles. The van der Waals surface area contributed by atoms with Crippen molar-refractivity contribution in [3.8, 4) is 0 Å². The number of benzene rings is 2. The summed E-state index contributed by atoms with van der Waals surface area (Å²) >= 11 is 0. The Morgan fingerprint density at radius 1 is 1.32 bits per heavy atom. The van der Waals surface area contributed by atoms with Gasteiger partial charge in [-0.25, -0.2) is 0 Å². The molecule has 2 N–H and O–H groups in total. The van der Waals surface area contributed by atoms with Crippen molar-refractivity contribution in [2.45, 2.75) is 6.42 Å². The van der Waals surface area contributed by atoms with Gasteiger partial charge in [-0.1, -0.05) is 18.2 Å². The number of allylic oxidation sites excluding steroid dienone is 1. The maximum Gasteiger partial charge on any atom is 0.249 e. The third kappa shape index (κ3) is 2.19. The second-order valence-electron chi connectivity index (χ2n) is 5.04. The molecule has 0 aliphatic heterocycles. The number of fused-ring (bicyclic) bond motifs is 2. The molecule has 0 aliphatic rings. The molecule has 110 valence electrons. The molecule has 0 bridgehead atoms. The third-order valence-electron chi connectivity index (χ3n) is 3.65. The molecule has 1 heterocycles. The molecule has 0 saturated carbocycles. The summed E-state index contributed by atoms with van der Waals surface area (Å²) in [5, 5.41) is 2.24. The van der Waals surface area contributed by atoms with Crippen LogP contribution in [-0.2, 0) is 6.42 Å². The zero-order valence-electron chi connectivity index (χ0n) is 12.3. The lowest BCUT2D eigenvalue weighted by Gasteiger charge is -2.08. The van der Waals surface area contributed by atoms with Crippen LogP contribution in [-0.4, -0.2) is 13.0 Å². The van der Waals surface area contributed by atoms with Crippen molar-refractivity contribution in [1.82, 2.24) is 0 Å². The van der Waals surface area contributed by atoms with E-state index in [1.165, 1.54) is 0 Å². The Hall–Kier alpha value is -2.88. The fourth-order valence-corrected chi connectivity index (χ4v) is 2.70. The summed E-state index contributed by atoms with van der Waals surface area (Å²) in [6.45, 7) is 3.76. The van der Waals surface area contributed by atoms with Crippen LogP contribution in [0.15, 0.2) is 58.5 Å². The first-order valence-electron chi connectivity index (χ1n) is 6.97. The molecule has 0 spiro atoms. The Bertz CT molecular complexity index is 968. The summed E-state index contributed by atoms with van der Waals surface area (Å²) < 4.78 is 5.92. The van der Waals surface area contributed by atoms with E-state index in [2.05, 4.69) is 11.6 Å². The largest absolute Gasteiger partial charge is 0.456 e. The molecule has 2 aromatic carbocycles. The first kappa shape index (κ1) is 14.1. The number of primary amides is 1.